The molecule has 2 aromatic carbocycles. The van der Waals surface area contributed by atoms with Crippen LogP contribution < -0.4 is 4.90 Å². The fraction of sp³-hybridized carbons (Fsp3) is 0.333. The second-order valence-corrected chi connectivity index (χ2v) is 7.72. The van der Waals surface area contributed by atoms with Crippen LogP contribution in [0.2, 0.25) is 0 Å². The van der Waals surface area contributed by atoms with E-state index in [0.717, 1.165) is 13.1 Å². The number of aromatic nitrogens is 1. The van der Waals surface area contributed by atoms with Crippen LogP contribution in [-0.4, -0.2) is 48.4 Å². The highest BCUT2D eigenvalue weighted by atomic mass is 32.2. The van der Waals surface area contributed by atoms with Gasteiger partial charge in [0.05, 0.1) is 5.03 Å². The Labute approximate surface area is 154 Å². The van der Waals surface area contributed by atoms with E-state index in [0.29, 0.717) is 0 Å². The highest BCUT2D eigenvalue weighted by Gasteiger charge is 2.16. The van der Waals surface area contributed by atoms with Crippen molar-refractivity contribution in [2.75, 3.05) is 43.4 Å². The van der Waals surface area contributed by atoms with Gasteiger partial charge in [0.15, 0.2) is 0 Å². The van der Waals surface area contributed by atoms with Crippen LogP contribution in [0.5, 0.6) is 0 Å². The number of thioether (sulfide) groups is 1. The Morgan fingerprint density at radius 2 is 1.64 bits per heavy atom. The van der Waals surface area contributed by atoms with Crippen molar-refractivity contribution >= 4 is 28.4 Å². The lowest BCUT2D eigenvalue weighted by molar-refractivity contribution is 0.259. The van der Waals surface area contributed by atoms with Gasteiger partial charge in [-0.25, -0.2) is 0 Å². The lowest BCUT2D eigenvalue weighted by Gasteiger charge is -2.36. The quantitative estimate of drug-likeness (QED) is 0.523. The van der Waals surface area contributed by atoms with E-state index in [-0.39, 0.29) is 0 Å². The van der Waals surface area contributed by atoms with Gasteiger partial charge in [0.25, 0.3) is 0 Å². The molecule has 0 unspecified atom stereocenters. The number of benzene rings is 2. The van der Waals surface area contributed by atoms with Crippen LogP contribution in [-0.2, 0) is 0 Å². The number of piperazine rings is 1. The molecule has 3 aromatic rings. The second-order valence-electron chi connectivity index (χ2n) is 6.59. The highest BCUT2D eigenvalue weighted by molar-refractivity contribution is 7.99. The third-order valence-electron chi connectivity index (χ3n) is 4.88. The number of hydrogen-bond donors (Lipinski definition) is 1. The molecule has 0 bridgehead atoms. The van der Waals surface area contributed by atoms with E-state index >= 15 is 0 Å². The Morgan fingerprint density at radius 1 is 0.880 bits per heavy atom. The maximum Gasteiger partial charge on any atom is 0.0732 e. The van der Waals surface area contributed by atoms with E-state index in [1.165, 1.54) is 53.4 Å². The summed E-state index contributed by atoms with van der Waals surface area (Å²) in [4.78, 5) is 8.60. The molecule has 0 radical (unpaired) electrons. The summed E-state index contributed by atoms with van der Waals surface area (Å²) in [5, 5.41) is 2.59. The second kappa shape index (κ2) is 7.98. The van der Waals surface area contributed by atoms with Crippen molar-refractivity contribution in [2.24, 2.45) is 0 Å². The molecular weight excluding hydrogens is 326 g/mol. The predicted octanol–water partition coefficient (Wildman–Crippen LogP) is 4.47. The van der Waals surface area contributed by atoms with Gasteiger partial charge in [0.2, 0.25) is 0 Å². The van der Waals surface area contributed by atoms with E-state index in [4.69, 9.17) is 0 Å². The molecule has 1 N–H and O–H groups in total. The zero-order valence-corrected chi connectivity index (χ0v) is 15.3. The number of fused-ring (bicyclic) bond motifs is 1. The number of para-hydroxylation sites is 2. The lowest BCUT2D eigenvalue weighted by atomic mass is 10.2. The van der Waals surface area contributed by atoms with Gasteiger partial charge in [-0.3, -0.25) is 4.90 Å². The number of aromatic amines is 1. The summed E-state index contributed by atoms with van der Waals surface area (Å²) in [5.74, 6) is 1.17. The summed E-state index contributed by atoms with van der Waals surface area (Å²) < 4.78 is 0. The van der Waals surface area contributed by atoms with Crippen LogP contribution in [0.1, 0.15) is 6.42 Å². The van der Waals surface area contributed by atoms with E-state index in [1.807, 2.05) is 11.8 Å². The molecule has 4 rings (SSSR count). The van der Waals surface area contributed by atoms with Crippen molar-refractivity contribution in [3.63, 3.8) is 0 Å². The third-order valence-corrected chi connectivity index (χ3v) is 5.90. The highest BCUT2D eigenvalue weighted by Crippen LogP contribution is 2.23. The SMILES string of the molecule is c1ccc(N2CCN(CCCSc3cc4ccccc4[nH]3)CC2)cc1. The Morgan fingerprint density at radius 3 is 2.44 bits per heavy atom. The van der Waals surface area contributed by atoms with Gasteiger partial charge in [-0.1, -0.05) is 36.4 Å². The summed E-state index contributed by atoms with van der Waals surface area (Å²) in [6.45, 7) is 5.83. The molecule has 0 aliphatic carbocycles. The van der Waals surface area contributed by atoms with E-state index in [1.54, 1.807) is 0 Å². The van der Waals surface area contributed by atoms with E-state index in [2.05, 4.69) is 75.4 Å². The summed E-state index contributed by atoms with van der Waals surface area (Å²) in [6, 6.07) is 21.5. The average Bonchev–Trinajstić information content (AvgIpc) is 3.09. The van der Waals surface area contributed by atoms with Crippen molar-refractivity contribution in [1.29, 1.82) is 0 Å². The molecule has 1 fully saturated rings. The minimum atomic E-state index is 1.14. The Bertz CT molecular complexity index is 758. The van der Waals surface area contributed by atoms with Crippen molar-refractivity contribution in [3.8, 4) is 0 Å². The zero-order valence-electron chi connectivity index (χ0n) is 14.5. The molecule has 1 saturated heterocycles. The number of H-pyrrole nitrogens is 1. The first-order chi connectivity index (χ1) is 12.4. The van der Waals surface area contributed by atoms with Crippen molar-refractivity contribution in [2.45, 2.75) is 11.4 Å². The summed E-state index contributed by atoms with van der Waals surface area (Å²) in [7, 11) is 0. The van der Waals surface area contributed by atoms with Crippen molar-refractivity contribution in [1.82, 2.24) is 9.88 Å². The first-order valence-electron chi connectivity index (χ1n) is 9.11. The molecule has 130 valence electrons. The molecule has 0 saturated carbocycles. The predicted molar refractivity (Wildman–Crippen MR) is 109 cm³/mol. The first kappa shape index (κ1) is 16.6. The standard InChI is InChI=1S/C21H25N3S/c1-2-8-19(9-3-1)24-14-12-23(13-15-24)11-6-16-25-21-17-18-7-4-5-10-20(18)22-21/h1-5,7-10,17,22H,6,11-16H2. The topological polar surface area (TPSA) is 22.3 Å². The molecule has 0 amide bonds. The maximum atomic E-state index is 3.50. The zero-order chi connectivity index (χ0) is 16.9. The number of nitrogens with one attached hydrogen (secondary N) is 1. The van der Waals surface area contributed by atoms with Gasteiger partial charge in [-0.05, 0) is 37.2 Å². The molecule has 0 spiro atoms. The van der Waals surface area contributed by atoms with Crippen LogP contribution in [0.15, 0.2) is 65.7 Å². The number of hydrogen-bond acceptors (Lipinski definition) is 3. The van der Waals surface area contributed by atoms with E-state index < -0.39 is 0 Å². The molecule has 1 aliphatic heterocycles. The van der Waals surface area contributed by atoms with Gasteiger partial charge < -0.3 is 9.88 Å². The lowest BCUT2D eigenvalue weighted by Crippen LogP contribution is -2.46. The first-order valence-corrected chi connectivity index (χ1v) is 10.1. The van der Waals surface area contributed by atoms with Crippen LogP contribution >= 0.6 is 11.8 Å². The summed E-state index contributed by atoms with van der Waals surface area (Å²) in [6.07, 6.45) is 1.24. The molecule has 4 heteroatoms. The van der Waals surface area contributed by atoms with Crippen LogP contribution in [0, 0.1) is 0 Å². The monoisotopic (exact) mass is 351 g/mol. The fourth-order valence-electron chi connectivity index (χ4n) is 3.46. The molecule has 0 atom stereocenters. The average molecular weight is 352 g/mol. The fourth-order valence-corrected chi connectivity index (χ4v) is 4.35. The normalized spacial score (nSPS) is 15.8. The van der Waals surface area contributed by atoms with E-state index in [9.17, 15) is 0 Å². The molecule has 1 aliphatic rings. The molecule has 1 aromatic heterocycles. The van der Waals surface area contributed by atoms with Gasteiger partial charge in [0.1, 0.15) is 0 Å². The molecule has 2 heterocycles. The molecular formula is C21H25N3S. The molecule has 3 nitrogen and oxygen atoms in total. The van der Waals surface area contributed by atoms with Crippen LogP contribution in [0.4, 0.5) is 5.69 Å². The maximum absolute atomic E-state index is 3.50. The number of anilines is 1. The number of nitrogens with zero attached hydrogens (tertiary/aromatic N) is 2. The van der Waals surface area contributed by atoms with Gasteiger partial charge in [-0.2, -0.15) is 0 Å². The van der Waals surface area contributed by atoms with Gasteiger partial charge in [0, 0.05) is 48.5 Å². The summed E-state index contributed by atoms with van der Waals surface area (Å²) >= 11 is 1.94. The largest absolute Gasteiger partial charge is 0.369 e. The Balaban J connectivity index is 1.18. The van der Waals surface area contributed by atoms with Gasteiger partial charge >= 0.3 is 0 Å². The number of rotatable bonds is 6. The van der Waals surface area contributed by atoms with Crippen LogP contribution in [0.3, 0.4) is 0 Å². The Hall–Kier alpha value is -1.91. The minimum Gasteiger partial charge on any atom is -0.369 e. The molecule has 25 heavy (non-hydrogen) atoms. The summed E-state index contributed by atoms with van der Waals surface area (Å²) in [5.41, 5.74) is 2.60. The Kier molecular flexibility index (Phi) is 5.28. The smallest absolute Gasteiger partial charge is 0.0732 e. The third kappa shape index (κ3) is 4.20. The minimum absolute atomic E-state index is 1.14. The van der Waals surface area contributed by atoms with Crippen molar-refractivity contribution in [3.05, 3.63) is 60.7 Å². The van der Waals surface area contributed by atoms with Gasteiger partial charge in [-0.15, -0.1) is 11.8 Å². The van der Waals surface area contributed by atoms with Crippen LogP contribution in [0.25, 0.3) is 10.9 Å². The van der Waals surface area contributed by atoms with Crippen molar-refractivity contribution < 1.29 is 0 Å².